The van der Waals surface area contributed by atoms with Crippen molar-refractivity contribution in [3.8, 4) is 0 Å². The molecule has 0 spiro atoms. The Morgan fingerprint density at radius 3 is 2.53 bits per heavy atom. The van der Waals surface area contributed by atoms with Crippen LogP contribution in [0.3, 0.4) is 0 Å². The molecule has 0 fully saturated rings. The molecule has 0 aliphatic heterocycles. The van der Waals surface area contributed by atoms with Crippen LogP contribution in [0.25, 0.3) is 0 Å². The van der Waals surface area contributed by atoms with E-state index >= 15 is 0 Å². The quantitative estimate of drug-likeness (QED) is 0.911. The van der Waals surface area contributed by atoms with Gasteiger partial charge >= 0.3 is 0 Å². The molecule has 3 N–H and O–H groups in total. The van der Waals surface area contributed by atoms with E-state index in [4.69, 9.17) is 5.73 Å². The number of halogens is 2. The molecular formula is C14H12BrFN2O. The Labute approximate surface area is 118 Å². The Morgan fingerprint density at radius 2 is 1.89 bits per heavy atom. The van der Waals surface area contributed by atoms with Crippen LogP contribution in [0.5, 0.6) is 0 Å². The summed E-state index contributed by atoms with van der Waals surface area (Å²) in [5.41, 5.74) is 6.61. The molecule has 0 heterocycles. The number of nitrogens with two attached hydrogens (primary N) is 1. The van der Waals surface area contributed by atoms with Crippen molar-refractivity contribution in [2.75, 3.05) is 5.32 Å². The summed E-state index contributed by atoms with van der Waals surface area (Å²) < 4.78 is 14.2. The summed E-state index contributed by atoms with van der Waals surface area (Å²) in [7, 11) is 0. The normalized spacial score (nSPS) is 11.9. The highest BCUT2D eigenvalue weighted by Gasteiger charge is 2.16. The Hall–Kier alpha value is -1.72. The molecule has 3 nitrogen and oxygen atoms in total. The van der Waals surface area contributed by atoms with Crippen molar-refractivity contribution >= 4 is 27.5 Å². The van der Waals surface area contributed by atoms with Gasteiger partial charge in [-0.1, -0.05) is 46.3 Å². The third kappa shape index (κ3) is 3.39. The van der Waals surface area contributed by atoms with Gasteiger partial charge in [-0.15, -0.1) is 0 Å². The third-order valence-electron chi connectivity index (χ3n) is 2.63. The number of carbonyl (C=O) groups excluding carboxylic acids is 1. The zero-order chi connectivity index (χ0) is 13.8. The molecular weight excluding hydrogens is 311 g/mol. The monoisotopic (exact) mass is 322 g/mol. The van der Waals surface area contributed by atoms with Crippen molar-refractivity contribution in [3.63, 3.8) is 0 Å². The summed E-state index contributed by atoms with van der Waals surface area (Å²) >= 11 is 3.15. The molecule has 0 aliphatic rings. The van der Waals surface area contributed by atoms with Gasteiger partial charge in [-0.05, 0) is 23.8 Å². The first-order chi connectivity index (χ1) is 9.08. The number of anilines is 1. The van der Waals surface area contributed by atoms with Crippen LogP contribution in [-0.2, 0) is 4.79 Å². The van der Waals surface area contributed by atoms with Crippen molar-refractivity contribution in [2.45, 2.75) is 6.04 Å². The molecule has 5 heteroatoms. The molecule has 1 unspecified atom stereocenters. The second-order valence-electron chi connectivity index (χ2n) is 4.00. The first-order valence-corrected chi connectivity index (χ1v) is 6.43. The molecule has 2 aromatic carbocycles. The summed E-state index contributed by atoms with van der Waals surface area (Å²) in [4.78, 5) is 11.9. The van der Waals surface area contributed by atoms with Gasteiger partial charge in [0.15, 0.2) is 0 Å². The fourth-order valence-corrected chi connectivity index (χ4v) is 1.95. The average molecular weight is 323 g/mol. The van der Waals surface area contributed by atoms with Crippen LogP contribution in [0.2, 0.25) is 0 Å². The van der Waals surface area contributed by atoms with E-state index in [0.29, 0.717) is 10.0 Å². The van der Waals surface area contributed by atoms with E-state index in [-0.39, 0.29) is 5.69 Å². The van der Waals surface area contributed by atoms with Gasteiger partial charge in [0.25, 0.3) is 0 Å². The molecule has 0 aliphatic carbocycles. The lowest BCUT2D eigenvalue weighted by Gasteiger charge is -2.13. The Morgan fingerprint density at radius 1 is 1.21 bits per heavy atom. The zero-order valence-electron chi connectivity index (χ0n) is 9.94. The smallest absolute Gasteiger partial charge is 0.245 e. The number of amides is 1. The van der Waals surface area contributed by atoms with E-state index in [1.165, 1.54) is 12.1 Å². The second kappa shape index (κ2) is 5.95. The standard InChI is InChI=1S/C14H12BrFN2O/c15-10-6-7-12(11(16)8-10)18-14(19)13(17)9-4-2-1-3-5-9/h1-8,13H,17H2,(H,18,19). The molecule has 1 amide bonds. The molecule has 1 atom stereocenters. The number of hydrogen-bond acceptors (Lipinski definition) is 2. The lowest BCUT2D eigenvalue weighted by molar-refractivity contribution is -0.117. The minimum atomic E-state index is -0.829. The maximum absolute atomic E-state index is 13.6. The summed E-state index contributed by atoms with van der Waals surface area (Å²) in [6.07, 6.45) is 0. The number of carbonyl (C=O) groups is 1. The molecule has 2 rings (SSSR count). The molecule has 98 valence electrons. The molecule has 0 saturated heterocycles. The van der Waals surface area contributed by atoms with Crippen molar-refractivity contribution < 1.29 is 9.18 Å². The number of rotatable bonds is 3. The highest BCUT2D eigenvalue weighted by Crippen LogP contribution is 2.20. The molecule has 0 aromatic heterocycles. The predicted octanol–water partition coefficient (Wildman–Crippen LogP) is 3.23. The van der Waals surface area contributed by atoms with Crippen LogP contribution in [0.15, 0.2) is 53.0 Å². The minimum Gasteiger partial charge on any atom is -0.322 e. The Balaban J connectivity index is 2.13. The summed E-state index contributed by atoms with van der Waals surface area (Å²) in [5, 5.41) is 2.48. The van der Waals surface area contributed by atoms with Gasteiger partial charge in [-0.2, -0.15) is 0 Å². The van der Waals surface area contributed by atoms with Crippen molar-refractivity contribution in [1.82, 2.24) is 0 Å². The first kappa shape index (κ1) is 13.7. The maximum atomic E-state index is 13.6. The molecule has 0 bridgehead atoms. The topological polar surface area (TPSA) is 55.1 Å². The largest absolute Gasteiger partial charge is 0.322 e. The van der Waals surface area contributed by atoms with Crippen molar-refractivity contribution in [1.29, 1.82) is 0 Å². The molecule has 2 aromatic rings. The number of nitrogens with one attached hydrogen (secondary N) is 1. The van der Waals surface area contributed by atoms with E-state index < -0.39 is 17.8 Å². The van der Waals surface area contributed by atoms with E-state index in [2.05, 4.69) is 21.2 Å². The zero-order valence-corrected chi connectivity index (χ0v) is 11.5. The van der Waals surface area contributed by atoms with Gasteiger partial charge in [0.2, 0.25) is 5.91 Å². The Bertz CT molecular complexity index is 589. The van der Waals surface area contributed by atoms with Crippen LogP contribution in [-0.4, -0.2) is 5.91 Å². The molecule has 19 heavy (non-hydrogen) atoms. The summed E-state index contributed by atoms with van der Waals surface area (Å²) in [5.74, 6) is -0.963. The van der Waals surface area contributed by atoms with E-state index in [1.54, 1.807) is 30.3 Å². The van der Waals surface area contributed by atoms with Crippen LogP contribution < -0.4 is 11.1 Å². The second-order valence-corrected chi connectivity index (χ2v) is 4.92. The van der Waals surface area contributed by atoms with Crippen LogP contribution >= 0.6 is 15.9 Å². The van der Waals surface area contributed by atoms with Crippen molar-refractivity contribution in [3.05, 3.63) is 64.4 Å². The van der Waals surface area contributed by atoms with E-state index in [0.717, 1.165) is 0 Å². The predicted molar refractivity (Wildman–Crippen MR) is 76.1 cm³/mol. The minimum absolute atomic E-state index is 0.111. The molecule has 0 saturated carbocycles. The van der Waals surface area contributed by atoms with Gasteiger partial charge in [0, 0.05) is 4.47 Å². The highest BCUT2D eigenvalue weighted by atomic mass is 79.9. The van der Waals surface area contributed by atoms with Gasteiger partial charge in [-0.3, -0.25) is 4.79 Å². The van der Waals surface area contributed by atoms with Crippen LogP contribution in [0.1, 0.15) is 11.6 Å². The van der Waals surface area contributed by atoms with Crippen LogP contribution in [0.4, 0.5) is 10.1 Å². The van der Waals surface area contributed by atoms with Gasteiger partial charge in [0.05, 0.1) is 5.69 Å². The number of hydrogen-bond donors (Lipinski definition) is 2. The fourth-order valence-electron chi connectivity index (χ4n) is 1.61. The SMILES string of the molecule is NC(C(=O)Nc1ccc(Br)cc1F)c1ccccc1. The van der Waals surface area contributed by atoms with Gasteiger partial charge in [-0.25, -0.2) is 4.39 Å². The maximum Gasteiger partial charge on any atom is 0.245 e. The summed E-state index contributed by atoms with van der Waals surface area (Å²) in [6.45, 7) is 0. The summed E-state index contributed by atoms with van der Waals surface area (Å²) in [6, 6.07) is 12.5. The average Bonchev–Trinajstić information content (AvgIpc) is 2.42. The third-order valence-corrected chi connectivity index (χ3v) is 3.12. The van der Waals surface area contributed by atoms with Gasteiger partial charge < -0.3 is 11.1 Å². The molecule has 0 radical (unpaired) electrons. The number of benzene rings is 2. The van der Waals surface area contributed by atoms with E-state index in [1.807, 2.05) is 6.07 Å². The highest BCUT2D eigenvalue weighted by molar-refractivity contribution is 9.10. The van der Waals surface area contributed by atoms with E-state index in [9.17, 15) is 9.18 Å². The fraction of sp³-hybridized carbons (Fsp3) is 0.0714. The Kier molecular flexibility index (Phi) is 4.29. The lowest BCUT2D eigenvalue weighted by atomic mass is 10.1. The van der Waals surface area contributed by atoms with Crippen molar-refractivity contribution in [2.24, 2.45) is 5.73 Å². The first-order valence-electron chi connectivity index (χ1n) is 5.64. The van der Waals surface area contributed by atoms with Crippen LogP contribution in [0, 0.1) is 5.82 Å². The lowest BCUT2D eigenvalue weighted by Crippen LogP contribution is -2.28. The van der Waals surface area contributed by atoms with Gasteiger partial charge in [0.1, 0.15) is 11.9 Å².